The first-order valence-corrected chi connectivity index (χ1v) is 7.69. The quantitative estimate of drug-likeness (QED) is 0.720. The molecule has 0 aromatic rings. The van der Waals surface area contributed by atoms with E-state index in [1.807, 2.05) is 0 Å². The maximum atomic E-state index is 12.4. The molecule has 3 nitrogen and oxygen atoms in total. The van der Waals surface area contributed by atoms with Crippen LogP contribution in [-0.4, -0.2) is 25.2 Å². The molecule has 0 spiro atoms. The van der Waals surface area contributed by atoms with Crippen LogP contribution in [0, 0.1) is 17.3 Å². The number of carbonyl (C=O) groups excluding carboxylic acids is 1. The summed E-state index contributed by atoms with van der Waals surface area (Å²) in [7, 11) is 0. The van der Waals surface area contributed by atoms with Crippen LogP contribution in [0.25, 0.3) is 0 Å². The van der Waals surface area contributed by atoms with Crippen molar-refractivity contribution < 1.29 is 9.53 Å². The molecule has 0 radical (unpaired) electrons. The lowest BCUT2D eigenvalue weighted by Crippen LogP contribution is -2.51. The molecule has 0 aromatic heterocycles. The number of carbonyl (C=O) groups is 1. The average molecular weight is 269 g/mol. The second kappa shape index (κ2) is 7.28. The average Bonchev–Trinajstić information content (AvgIpc) is 2.20. The van der Waals surface area contributed by atoms with Crippen molar-refractivity contribution in [2.24, 2.45) is 17.3 Å². The largest absolute Gasteiger partial charge is 0.377 e. The van der Waals surface area contributed by atoms with Gasteiger partial charge >= 0.3 is 0 Å². The Morgan fingerprint density at radius 1 is 1.21 bits per heavy atom. The molecule has 0 saturated carbocycles. The molecule has 0 bridgehead atoms. The van der Waals surface area contributed by atoms with Crippen molar-refractivity contribution in [3.8, 4) is 0 Å². The van der Waals surface area contributed by atoms with Crippen LogP contribution in [0.5, 0.6) is 0 Å². The van der Waals surface area contributed by atoms with Gasteiger partial charge in [-0.05, 0) is 17.8 Å². The Balaban J connectivity index is 2.39. The van der Waals surface area contributed by atoms with E-state index < -0.39 is 0 Å². The zero-order valence-corrected chi connectivity index (χ0v) is 13.3. The molecule has 1 N–H and O–H groups in total. The lowest BCUT2D eigenvalue weighted by atomic mass is 9.77. The molecule has 1 saturated heterocycles. The number of hydrogen-bond donors (Lipinski definition) is 1. The summed E-state index contributed by atoms with van der Waals surface area (Å²) in [5.74, 6) is 1.08. The third-order valence-corrected chi connectivity index (χ3v) is 3.87. The molecule has 1 rings (SSSR count). The molecule has 1 aliphatic heterocycles. The Morgan fingerprint density at radius 2 is 1.79 bits per heavy atom. The first-order chi connectivity index (χ1) is 8.80. The van der Waals surface area contributed by atoms with Crippen LogP contribution in [0.3, 0.4) is 0 Å². The maximum Gasteiger partial charge on any atom is 0.224 e. The Kier molecular flexibility index (Phi) is 6.31. The lowest BCUT2D eigenvalue weighted by Gasteiger charge is -2.34. The number of amides is 1. The summed E-state index contributed by atoms with van der Waals surface area (Å²) >= 11 is 0. The fourth-order valence-electron chi connectivity index (χ4n) is 2.48. The summed E-state index contributed by atoms with van der Waals surface area (Å²) in [5, 5.41) is 3.11. The van der Waals surface area contributed by atoms with Crippen molar-refractivity contribution in [3.05, 3.63) is 0 Å². The smallest absolute Gasteiger partial charge is 0.224 e. The first-order valence-electron chi connectivity index (χ1n) is 7.69. The van der Waals surface area contributed by atoms with Crippen molar-refractivity contribution >= 4 is 5.91 Å². The molecule has 1 amide bonds. The summed E-state index contributed by atoms with van der Waals surface area (Å²) in [6, 6.07) is 0.244. The fraction of sp³-hybridized carbons (Fsp3) is 0.938. The molecule has 19 heavy (non-hydrogen) atoms. The highest BCUT2D eigenvalue weighted by atomic mass is 16.5. The minimum absolute atomic E-state index is 0.0342. The summed E-state index contributed by atoms with van der Waals surface area (Å²) < 4.78 is 5.11. The van der Waals surface area contributed by atoms with Gasteiger partial charge in [-0.2, -0.15) is 0 Å². The molecule has 1 aliphatic rings. The van der Waals surface area contributed by atoms with E-state index in [-0.39, 0.29) is 23.3 Å². The maximum absolute atomic E-state index is 12.4. The SMILES string of the molecule is CC(C)CCCCC(C(=O)NC1COC1)C(C)(C)C. The number of rotatable bonds is 7. The van der Waals surface area contributed by atoms with Crippen molar-refractivity contribution in [1.29, 1.82) is 0 Å². The Hall–Kier alpha value is -0.570. The van der Waals surface area contributed by atoms with Crippen molar-refractivity contribution in [1.82, 2.24) is 5.32 Å². The van der Waals surface area contributed by atoms with Crippen LogP contribution in [0.15, 0.2) is 0 Å². The van der Waals surface area contributed by atoms with E-state index in [0.29, 0.717) is 13.2 Å². The topological polar surface area (TPSA) is 38.3 Å². The Labute approximate surface area is 118 Å². The Morgan fingerprint density at radius 3 is 2.21 bits per heavy atom. The molecule has 0 aliphatic carbocycles. The van der Waals surface area contributed by atoms with E-state index in [1.165, 1.54) is 12.8 Å². The molecule has 1 heterocycles. The van der Waals surface area contributed by atoms with E-state index in [1.54, 1.807) is 0 Å². The van der Waals surface area contributed by atoms with Crippen LogP contribution in [0.2, 0.25) is 0 Å². The van der Waals surface area contributed by atoms with E-state index in [9.17, 15) is 4.79 Å². The van der Waals surface area contributed by atoms with Crippen LogP contribution < -0.4 is 5.32 Å². The summed E-state index contributed by atoms with van der Waals surface area (Å²) in [5.41, 5.74) is 0.0342. The predicted molar refractivity (Wildman–Crippen MR) is 79.0 cm³/mol. The highest BCUT2D eigenvalue weighted by Crippen LogP contribution is 2.31. The summed E-state index contributed by atoms with van der Waals surface area (Å²) in [4.78, 5) is 12.4. The first kappa shape index (κ1) is 16.5. The van der Waals surface area contributed by atoms with Gasteiger partial charge in [0.15, 0.2) is 0 Å². The van der Waals surface area contributed by atoms with Gasteiger partial charge < -0.3 is 10.1 Å². The van der Waals surface area contributed by atoms with Crippen LogP contribution in [0.4, 0.5) is 0 Å². The highest BCUT2D eigenvalue weighted by Gasteiger charge is 2.33. The van der Waals surface area contributed by atoms with E-state index in [0.717, 1.165) is 18.8 Å². The molecule has 0 aromatic carbocycles. The van der Waals surface area contributed by atoms with Gasteiger partial charge in [0.1, 0.15) is 0 Å². The fourth-order valence-corrected chi connectivity index (χ4v) is 2.48. The molecule has 1 atom stereocenters. The third-order valence-electron chi connectivity index (χ3n) is 3.87. The van der Waals surface area contributed by atoms with Crippen LogP contribution in [0.1, 0.15) is 60.3 Å². The van der Waals surface area contributed by atoms with Crippen molar-refractivity contribution in [2.75, 3.05) is 13.2 Å². The molecule has 1 unspecified atom stereocenters. The lowest BCUT2D eigenvalue weighted by molar-refractivity contribution is -0.132. The highest BCUT2D eigenvalue weighted by molar-refractivity contribution is 5.79. The van der Waals surface area contributed by atoms with Gasteiger partial charge in [-0.1, -0.05) is 53.9 Å². The normalized spacial score (nSPS) is 18.2. The van der Waals surface area contributed by atoms with Gasteiger partial charge in [0.05, 0.1) is 19.3 Å². The number of unbranched alkanes of at least 4 members (excludes halogenated alkanes) is 1. The van der Waals surface area contributed by atoms with E-state index in [2.05, 4.69) is 39.9 Å². The molecular weight excluding hydrogens is 238 g/mol. The van der Waals surface area contributed by atoms with E-state index in [4.69, 9.17) is 4.74 Å². The number of nitrogens with one attached hydrogen (secondary N) is 1. The summed E-state index contributed by atoms with van der Waals surface area (Å²) in [6.07, 6.45) is 4.63. The predicted octanol–water partition coefficient (Wildman–Crippen LogP) is 3.38. The zero-order chi connectivity index (χ0) is 14.5. The third kappa shape index (κ3) is 5.94. The second-order valence-corrected chi connectivity index (χ2v) is 7.34. The van der Waals surface area contributed by atoms with Gasteiger partial charge in [-0.15, -0.1) is 0 Å². The molecule has 112 valence electrons. The molecule has 3 heteroatoms. The van der Waals surface area contributed by atoms with Crippen LogP contribution in [-0.2, 0) is 9.53 Å². The second-order valence-electron chi connectivity index (χ2n) is 7.34. The number of ether oxygens (including phenoxy) is 1. The standard InChI is InChI=1S/C16H31NO2/c1-12(2)8-6-7-9-14(16(3,4)5)15(18)17-13-10-19-11-13/h12-14H,6-11H2,1-5H3,(H,17,18). The van der Waals surface area contributed by atoms with Gasteiger partial charge in [0.2, 0.25) is 5.91 Å². The summed E-state index contributed by atoms with van der Waals surface area (Å²) in [6.45, 7) is 12.4. The molecule has 1 fully saturated rings. The van der Waals surface area contributed by atoms with Crippen molar-refractivity contribution in [2.45, 2.75) is 66.3 Å². The van der Waals surface area contributed by atoms with Gasteiger partial charge in [0, 0.05) is 5.92 Å². The van der Waals surface area contributed by atoms with Crippen molar-refractivity contribution in [3.63, 3.8) is 0 Å². The Bertz CT molecular complexity index is 277. The zero-order valence-electron chi connectivity index (χ0n) is 13.3. The number of hydrogen-bond acceptors (Lipinski definition) is 2. The molecular formula is C16H31NO2. The monoisotopic (exact) mass is 269 g/mol. The van der Waals surface area contributed by atoms with Crippen LogP contribution >= 0.6 is 0 Å². The van der Waals surface area contributed by atoms with Gasteiger partial charge in [-0.25, -0.2) is 0 Å². The minimum atomic E-state index is 0.0342. The van der Waals surface area contributed by atoms with Gasteiger partial charge in [0.25, 0.3) is 0 Å². The van der Waals surface area contributed by atoms with Gasteiger partial charge in [-0.3, -0.25) is 4.79 Å². The minimum Gasteiger partial charge on any atom is -0.377 e. The van der Waals surface area contributed by atoms with E-state index >= 15 is 0 Å².